The van der Waals surface area contributed by atoms with E-state index < -0.39 is 5.97 Å². The van der Waals surface area contributed by atoms with Gasteiger partial charge in [0.2, 0.25) is 0 Å². The van der Waals surface area contributed by atoms with Crippen molar-refractivity contribution in [3.63, 3.8) is 0 Å². The molecular formula is C9H9N3O2S2. The molecule has 0 bridgehead atoms. The Hall–Kier alpha value is -1.47. The fourth-order valence-corrected chi connectivity index (χ4v) is 2.47. The molecule has 0 aliphatic carbocycles. The number of nitrogens with zero attached hydrogens (tertiary/aromatic N) is 2. The van der Waals surface area contributed by atoms with Gasteiger partial charge in [-0.2, -0.15) is 0 Å². The number of carboxylic acids is 1. The summed E-state index contributed by atoms with van der Waals surface area (Å²) in [6, 6.07) is 0. The van der Waals surface area contributed by atoms with E-state index in [0.29, 0.717) is 11.7 Å². The van der Waals surface area contributed by atoms with Crippen molar-refractivity contribution in [1.82, 2.24) is 9.97 Å². The average molecular weight is 255 g/mol. The minimum absolute atomic E-state index is 0.234. The van der Waals surface area contributed by atoms with Crippen LogP contribution in [-0.2, 0) is 6.54 Å². The lowest BCUT2D eigenvalue weighted by Gasteiger charge is -1.97. The molecule has 7 heteroatoms. The molecule has 0 radical (unpaired) electrons. The highest BCUT2D eigenvalue weighted by molar-refractivity contribution is 7.17. The molecule has 84 valence electrons. The van der Waals surface area contributed by atoms with Crippen LogP contribution in [0.2, 0.25) is 0 Å². The molecule has 0 atom stereocenters. The largest absolute Gasteiger partial charge is 0.477 e. The van der Waals surface area contributed by atoms with E-state index in [1.54, 1.807) is 11.3 Å². The van der Waals surface area contributed by atoms with Crippen molar-refractivity contribution < 1.29 is 9.90 Å². The molecule has 5 nitrogen and oxygen atoms in total. The maximum atomic E-state index is 10.6. The summed E-state index contributed by atoms with van der Waals surface area (Å²) in [6.07, 6.45) is 3.16. The van der Waals surface area contributed by atoms with E-state index in [9.17, 15) is 4.79 Å². The molecule has 0 aromatic carbocycles. The van der Waals surface area contributed by atoms with Gasteiger partial charge in [0.25, 0.3) is 0 Å². The van der Waals surface area contributed by atoms with E-state index in [0.717, 1.165) is 21.2 Å². The van der Waals surface area contributed by atoms with E-state index in [2.05, 4.69) is 15.3 Å². The molecule has 2 aromatic rings. The molecule has 2 rings (SSSR count). The second-order valence-corrected chi connectivity index (χ2v) is 5.40. The summed E-state index contributed by atoms with van der Waals surface area (Å²) in [4.78, 5) is 20.2. The zero-order valence-corrected chi connectivity index (χ0v) is 10.1. The van der Waals surface area contributed by atoms with E-state index in [-0.39, 0.29) is 4.88 Å². The second-order valence-electron chi connectivity index (χ2n) is 3.05. The van der Waals surface area contributed by atoms with Crippen LogP contribution < -0.4 is 5.32 Å². The van der Waals surface area contributed by atoms with Crippen LogP contribution in [-0.4, -0.2) is 21.0 Å². The third kappa shape index (κ3) is 2.56. The van der Waals surface area contributed by atoms with Gasteiger partial charge in [0.1, 0.15) is 9.88 Å². The van der Waals surface area contributed by atoms with Crippen LogP contribution in [0.1, 0.15) is 19.6 Å². The number of nitrogens with one attached hydrogen (secondary N) is 1. The molecule has 0 saturated heterocycles. The summed E-state index contributed by atoms with van der Waals surface area (Å²) in [5, 5.41) is 13.3. The molecule has 0 saturated carbocycles. The Labute approximate surface area is 99.8 Å². The molecular weight excluding hydrogens is 246 g/mol. The second kappa shape index (κ2) is 4.58. The normalized spacial score (nSPS) is 10.3. The Bertz CT molecular complexity index is 506. The zero-order valence-electron chi connectivity index (χ0n) is 8.43. The lowest BCUT2D eigenvalue weighted by Crippen LogP contribution is -1.97. The van der Waals surface area contributed by atoms with Crippen molar-refractivity contribution in [2.75, 3.05) is 5.32 Å². The standard InChI is InChI=1S/C9H9N3O2S2/c1-5-2-10-7(15-5)4-12-9-11-3-6(16-9)8(13)14/h2-3H,4H2,1H3,(H,11,12)(H,13,14). The fourth-order valence-electron chi connectivity index (χ4n) is 1.09. The van der Waals surface area contributed by atoms with Crippen molar-refractivity contribution in [3.05, 3.63) is 27.2 Å². The van der Waals surface area contributed by atoms with Crippen molar-refractivity contribution in [2.45, 2.75) is 13.5 Å². The number of hydrogen-bond acceptors (Lipinski definition) is 6. The molecule has 2 aromatic heterocycles. The quantitative estimate of drug-likeness (QED) is 0.876. The molecule has 2 N–H and O–H groups in total. The predicted octanol–water partition coefficient (Wildman–Crippen LogP) is 2.22. The maximum Gasteiger partial charge on any atom is 0.347 e. The summed E-state index contributed by atoms with van der Waals surface area (Å²) in [5.74, 6) is -0.948. The van der Waals surface area contributed by atoms with Gasteiger partial charge in [-0.3, -0.25) is 0 Å². The molecule has 0 spiro atoms. The topological polar surface area (TPSA) is 75.1 Å². The smallest absolute Gasteiger partial charge is 0.347 e. The lowest BCUT2D eigenvalue weighted by atomic mass is 10.6. The van der Waals surface area contributed by atoms with Gasteiger partial charge in [-0.15, -0.1) is 11.3 Å². The Morgan fingerprint density at radius 1 is 1.44 bits per heavy atom. The molecule has 0 aliphatic heterocycles. The predicted molar refractivity (Wildman–Crippen MR) is 63.3 cm³/mol. The van der Waals surface area contributed by atoms with Gasteiger partial charge in [-0.25, -0.2) is 14.8 Å². The highest BCUT2D eigenvalue weighted by atomic mass is 32.1. The average Bonchev–Trinajstić information content (AvgIpc) is 2.83. The summed E-state index contributed by atoms with van der Waals surface area (Å²) >= 11 is 2.73. The Morgan fingerprint density at radius 3 is 2.81 bits per heavy atom. The van der Waals surface area contributed by atoms with E-state index in [1.807, 2.05) is 13.1 Å². The number of thiazole rings is 2. The van der Waals surface area contributed by atoms with Crippen molar-refractivity contribution in [3.8, 4) is 0 Å². The lowest BCUT2D eigenvalue weighted by molar-refractivity contribution is 0.0702. The van der Waals surface area contributed by atoms with E-state index in [4.69, 9.17) is 5.11 Å². The summed E-state index contributed by atoms with van der Waals surface area (Å²) in [7, 11) is 0. The minimum atomic E-state index is -0.948. The molecule has 0 unspecified atom stereocenters. The molecule has 2 heterocycles. The van der Waals surface area contributed by atoms with Crippen LogP contribution in [0.5, 0.6) is 0 Å². The SMILES string of the molecule is Cc1cnc(CNc2ncc(C(=O)O)s2)s1. The van der Waals surface area contributed by atoms with Gasteiger partial charge in [-0.1, -0.05) is 11.3 Å². The van der Waals surface area contributed by atoms with Crippen LogP contribution in [0.4, 0.5) is 5.13 Å². The summed E-state index contributed by atoms with van der Waals surface area (Å²) in [5.41, 5.74) is 0. The van der Waals surface area contributed by atoms with Crippen LogP contribution >= 0.6 is 22.7 Å². The Balaban J connectivity index is 1.97. The monoisotopic (exact) mass is 255 g/mol. The first-order valence-electron chi connectivity index (χ1n) is 4.49. The van der Waals surface area contributed by atoms with Crippen molar-refractivity contribution >= 4 is 33.8 Å². The number of carboxylic acid groups (broad SMARTS) is 1. The number of aryl methyl sites for hydroxylation is 1. The zero-order chi connectivity index (χ0) is 11.5. The first kappa shape index (κ1) is 11.0. The highest BCUT2D eigenvalue weighted by Crippen LogP contribution is 2.19. The van der Waals surface area contributed by atoms with Gasteiger partial charge in [0, 0.05) is 11.1 Å². The maximum absolute atomic E-state index is 10.6. The number of anilines is 1. The van der Waals surface area contributed by atoms with Crippen LogP contribution in [0.3, 0.4) is 0 Å². The molecule has 16 heavy (non-hydrogen) atoms. The molecule has 0 aliphatic rings. The fraction of sp³-hybridized carbons (Fsp3) is 0.222. The third-order valence-corrected chi connectivity index (χ3v) is 3.63. The van der Waals surface area contributed by atoms with Gasteiger partial charge >= 0.3 is 5.97 Å². The van der Waals surface area contributed by atoms with E-state index >= 15 is 0 Å². The van der Waals surface area contributed by atoms with Gasteiger partial charge in [0.15, 0.2) is 5.13 Å². The molecule has 0 fully saturated rings. The molecule has 0 amide bonds. The third-order valence-electron chi connectivity index (χ3n) is 1.78. The van der Waals surface area contributed by atoms with E-state index in [1.165, 1.54) is 6.20 Å². The number of aromatic carboxylic acids is 1. The van der Waals surface area contributed by atoms with Crippen molar-refractivity contribution in [1.29, 1.82) is 0 Å². The first-order chi connectivity index (χ1) is 7.65. The van der Waals surface area contributed by atoms with Crippen molar-refractivity contribution in [2.24, 2.45) is 0 Å². The van der Waals surface area contributed by atoms with Gasteiger partial charge in [0.05, 0.1) is 12.7 Å². The number of rotatable bonds is 4. The number of hydrogen-bond donors (Lipinski definition) is 2. The summed E-state index contributed by atoms with van der Waals surface area (Å²) < 4.78 is 0. The van der Waals surface area contributed by atoms with Crippen LogP contribution in [0.25, 0.3) is 0 Å². The minimum Gasteiger partial charge on any atom is -0.477 e. The highest BCUT2D eigenvalue weighted by Gasteiger charge is 2.08. The Morgan fingerprint density at radius 2 is 2.25 bits per heavy atom. The number of aromatic nitrogens is 2. The van der Waals surface area contributed by atoms with Gasteiger partial charge in [-0.05, 0) is 6.92 Å². The number of carbonyl (C=O) groups is 1. The Kier molecular flexibility index (Phi) is 3.16. The van der Waals surface area contributed by atoms with Crippen LogP contribution in [0.15, 0.2) is 12.4 Å². The van der Waals surface area contributed by atoms with Crippen LogP contribution in [0, 0.1) is 6.92 Å². The van der Waals surface area contributed by atoms with Gasteiger partial charge < -0.3 is 10.4 Å². The summed E-state index contributed by atoms with van der Waals surface area (Å²) in [6.45, 7) is 2.57. The first-order valence-corrected chi connectivity index (χ1v) is 6.13.